The van der Waals surface area contributed by atoms with E-state index in [1.165, 1.54) is 0 Å². The number of rotatable bonds is 4. The van der Waals surface area contributed by atoms with Gasteiger partial charge in [-0.3, -0.25) is 14.8 Å². The highest BCUT2D eigenvalue weighted by molar-refractivity contribution is 5.97. The number of nitrogens with two attached hydrogens (primary N) is 1. The summed E-state index contributed by atoms with van der Waals surface area (Å²) in [6.07, 6.45) is 5.35. The van der Waals surface area contributed by atoms with Gasteiger partial charge in [0, 0.05) is 37.1 Å². The lowest BCUT2D eigenvalue weighted by Crippen LogP contribution is -2.06. The van der Waals surface area contributed by atoms with E-state index in [9.17, 15) is 4.79 Å². The molecule has 0 bridgehead atoms. The average molecular weight is 227 g/mol. The van der Waals surface area contributed by atoms with E-state index in [4.69, 9.17) is 5.73 Å². The van der Waals surface area contributed by atoms with E-state index >= 15 is 0 Å². The van der Waals surface area contributed by atoms with Crippen LogP contribution in [0.1, 0.15) is 21.6 Å². The highest BCUT2D eigenvalue weighted by Gasteiger charge is 2.07. The number of Topliss-reactive ketones (excluding diaryl/α,β-unsaturated/α-hetero) is 1. The minimum Gasteiger partial charge on any atom is -0.325 e. The Labute approximate surface area is 99.5 Å². The third kappa shape index (κ3) is 2.95. The largest absolute Gasteiger partial charge is 0.325 e. The van der Waals surface area contributed by atoms with Crippen LogP contribution in [0.25, 0.3) is 0 Å². The fourth-order valence-corrected chi connectivity index (χ4v) is 1.55. The first kappa shape index (κ1) is 11.4. The summed E-state index contributed by atoms with van der Waals surface area (Å²) < 4.78 is 0. The van der Waals surface area contributed by atoms with Crippen LogP contribution in [0.15, 0.2) is 42.9 Å². The van der Waals surface area contributed by atoms with Gasteiger partial charge in [0.2, 0.25) is 0 Å². The quantitative estimate of drug-likeness (QED) is 0.801. The van der Waals surface area contributed by atoms with Crippen LogP contribution in [-0.2, 0) is 13.0 Å². The number of hydrogen-bond donors (Lipinski definition) is 1. The molecule has 86 valence electrons. The van der Waals surface area contributed by atoms with Crippen molar-refractivity contribution in [3.05, 3.63) is 59.7 Å². The Bertz CT molecular complexity index is 511. The molecule has 2 rings (SSSR count). The molecule has 0 atom stereocenters. The molecule has 4 nitrogen and oxygen atoms in total. The highest BCUT2D eigenvalue weighted by Crippen LogP contribution is 2.07. The van der Waals surface area contributed by atoms with Crippen LogP contribution >= 0.6 is 0 Å². The maximum atomic E-state index is 12.0. The van der Waals surface area contributed by atoms with Crippen LogP contribution in [0.2, 0.25) is 0 Å². The fraction of sp³-hybridized carbons (Fsp3) is 0.154. The Kier molecular flexibility index (Phi) is 3.57. The third-order valence-corrected chi connectivity index (χ3v) is 2.46. The van der Waals surface area contributed by atoms with Crippen molar-refractivity contribution in [3.63, 3.8) is 0 Å². The number of pyridine rings is 2. The van der Waals surface area contributed by atoms with Gasteiger partial charge in [0.1, 0.15) is 0 Å². The van der Waals surface area contributed by atoms with Crippen LogP contribution < -0.4 is 5.73 Å². The Morgan fingerprint density at radius 3 is 2.65 bits per heavy atom. The van der Waals surface area contributed by atoms with Crippen LogP contribution in [0.3, 0.4) is 0 Å². The molecule has 2 heterocycles. The summed E-state index contributed by atoms with van der Waals surface area (Å²) in [4.78, 5) is 20.0. The van der Waals surface area contributed by atoms with Gasteiger partial charge in [0.25, 0.3) is 0 Å². The van der Waals surface area contributed by atoms with Crippen molar-refractivity contribution >= 4 is 5.78 Å². The molecule has 0 saturated heterocycles. The van der Waals surface area contributed by atoms with Gasteiger partial charge in [-0.2, -0.15) is 0 Å². The van der Waals surface area contributed by atoms with Crippen molar-refractivity contribution in [2.24, 2.45) is 5.73 Å². The SMILES string of the molecule is NCc1cc(C(=O)Cc2ccncc2)ccn1. The molecule has 0 fully saturated rings. The van der Waals surface area contributed by atoms with E-state index in [1.807, 2.05) is 12.1 Å². The third-order valence-electron chi connectivity index (χ3n) is 2.46. The standard InChI is InChI=1S/C13H13N3O/c14-9-12-8-11(3-6-16-12)13(17)7-10-1-4-15-5-2-10/h1-6,8H,7,9,14H2. The molecule has 0 radical (unpaired) electrons. The zero-order chi connectivity index (χ0) is 12.1. The molecule has 0 unspecified atom stereocenters. The molecule has 2 aromatic heterocycles. The summed E-state index contributed by atoms with van der Waals surface area (Å²) in [6, 6.07) is 7.12. The monoisotopic (exact) mass is 227 g/mol. The molecule has 0 aliphatic carbocycles. The van der Waals surface area contributed by atoms with Crippen LogP contribution in [0, 0.1) is 0 Å². The van der Waals surface area contributed by atoms with Crippen molar-refractivity contribution in [2.75, 3.05) is 0 Å². The first-order valence-corrected chi connectivity index (χ1v) is 5.36. The Morgan fingerprint density at radius 1 is 1.18 bits per heavy atom. The van der Waals surface area contributed by atoms with Crippen molar-refractivity contribution in [1.82, 2.24) is 9.97 Å². The maximum Gasteiger partial charge on any atom is 0.167 e. The van der Waals surface area contributed by atoms with E-state index in [2.05, 4.69) is 9.97 Å². The Morgan fingerprint density at radius 2 is 1.94 bits per heavy atom. The van der Waals surface area contributed by atoms with Gasteiger partial charge in [0.05, 0.1) is 5.69 Å². The molecule has 2 aromatic rings. The molecule has 0 amide bonds. The smallest absolute Gasteiger partial charge is 0.167 e. The number of aromatic nitrogens is 2. The molecular weight excluding hydrogens is 214 g/mol. The lowest BCUT2D eigenvalue weighted by molar-refractivity contribution is 0.0992. The number of carbonyl (C=O) groups is 1. The van der Waals surface area contributed by atoms with Crippen molar-refractivity contribution < 1.29 is 4.79 Å². The minimum absolute atomic E-state index is 0.0632. The summed E-state index contributed by atoms with van der Waals surface area (Å²) in [7, 11) is 0. The molecule has 0 saturated carbocycles. The number of carbonyl (C=O) groups excluding carboxylic acids is 1. The van der Waals surface area contributed by atoms with Crippen molar-refractivity contribution in [3.8, 4) is 0 Å². The van der Waals surface area contributed by atoms with E-state index in [-0.39, 0.29) is 5.78 Å². The minimum atomic E-state index is 0.0632. The lowest BCUT2D eigenvalue weighted by atomic mass is 10.0. The summed E-state index contributed by atoms with van der Waals surface area (Å²) >= 11 is 0. The van der Waals surface area contributed by atoms with E-state index in [1.54, 1.807) is 30.7 Å². The topological polar surface area (TPSA) is 68.9 Å². The normalized spacial score (nSPS) is 10.2. The highest BCUT2D eigenvalue weighted by atomic mass is 16.1. The number of nitrogens with zero attached hydrogens (tertiary/aromatic N) is 2. The molecule has 0 aliphatic rings. The van der Waals surface area contributed by atoms with Gasteiger partial charge in [-0.1, -0.05) is 0 Å². The fourth-order valence-electron chi connectivity index (χ4n) is 1.55. The van der Waals surface area contributed by atoms with Crippen molar-refractivity contribution in [2.45, 2.75) is 13.0 Å². The van der Waals surface area contributed by atoms with Crippen LogP contribution in [0.5, 0.6) is 0 Å². The van der Waals surface area contributed by atoms with Gasteiger partial charge >= 0.3 is 0 Å². The molecule has 0 spiro atoms. The van der Waals surface area contributed by atoms with Gasteiger partial charge < -0.3 is 5.73 Å². The van der Waals surface area contributed by atoms with Crippen LogP contribution in [-0.4, -0.2) is 15.8 Å². The van der Waals surface area contributed by atoms with Crippen LogP contribution in [0.4, 0.5) is 0 Å². The second-order valence-corrected chi connectivity index (χ2v) is 3.70. The van der Waals surface area contributed by atoms with E-state index in [0.717, 1.165) is 11.3 Å². The summed E-state index contributed by atoms with van der Waals surface area (Å²) in [6.45, 7) is 0.344. The van der Waals surface area contributed by atoms with Crippen molar-refractivity contribution in [1.29, 1.82) is 0 Å². The first-order valence-electron chi connectivity index (χ1n) is 5.36. The van der Waals surface area contributed by atoms with Gasteiger partial charge in [0.15, 0.2) is 5.78 Å². The summed E-state index contributed by atoms with van der Waals surface area (Å²) in [5.74, 6) is 0.0632. The Hall–Kier alpha value is -2.07. The number of ketones is 1. The predicted molar refractivity (Wildman–Crippen MR) is 64.4 cm³/mol. The second kappa shape index (κ2) is 5.32. The molecule has 2 N–H and O–H groups in total. The molecular formula is C13H13N3O. The van der Waals surface area contributed by atoms with E-state index in [0.29, 0.717) is 18.5 Å². The van der Waals surface area contributed by atoms with E-state index < -0.39 is 0 Å². The predicted octanol–water partition coefficient (Wildman–Crippen LogP) is 1.36. The summed E-state index contributed by atoms with van der Waals surface area (Å²) in [5.41, 5.74) is 7.82. The van der Waals surface area contributed by atoms with Gasteiger partial charge in [-0.15, -0.1) is 0 Å². The van der Waals surface area contributed by atoms with Gasteiger partial charge in [-0.05, 0) is 29.8 Å². The summed E-state index contributed by atoms with van der Waals surface area (Å²) in [5, 5.41) is 0. The first-order chi connectivity index (χ1) is 8.29. The molecule has 4 heteroatoms. The second-order valence-electron chi connectivity index (χ2n) is 3.70. The Balaban J connectivity index is 2.14. The zero-order valence-electron chi connectivity index (χ0n) is 9.34. The van der Waals surface area contributed by atoms with Gasteiger partial charge in [-0.25, -0.2) is 0 Å². The average Bonchev–Trinajstić information content (AvgIpc) is 2.40. The molecule has 0 aliphatic heterocycles. The molecule has 0 aromatic carbocycles. The molecule has 17 heavy (non-hydrogen) atoms. The maximum absolute atomic E-state index is 12.0. The number of hydrogen-bond acceptors (Lipinski definition) is 4. The lowest BCUT2D eigenvalue weighted by Gasteiger charge is -2.02. The zero-order valence-corrected chi connectivity index (χ0v) is 9.34.